The van der Waals surface area contributed by atoms with Crippen molar-refractivity contribution >= 4 is 16.8 Å². The lowest BCUT2D eigenvalue weighted by atomic mass is 9.87. The van der Waals surface area contributed by atoms with Gasteiger partial charge in [0, 0.05) is 35.2 Å². The van der Waals surface area contributed by atoms with Gasteiger partial charge in [-0.15, -0.1) is 0 Å². The molecule has 0 aliphatic heterocycles. The molecule has 2 N–H and O–H groups in total. The van der Waals surface area contributed by atoms with E-state index in [-0.39, 0.29) is 5.91 Å². The van der Waals surface area contributed by atoms with E-state index in [1.165, 1.54) is 28.6 Å². The van der Waals surface area contributed by atoms with Crippen molar-refractivity contribution in [1.29, 1.82) is 0 Å². The number of rotatable bonds is 5. The Morgan fingerprint density at radius 1 is 1.14 bits per heavy atom. The van der Waals surface area contributed by atoms with E-state index in [9.17, 15) is 4.79 Å². The number of aromatic amines is 1. The molecule has 1 atom stereocenters. The Balaban J connectivity index is 1.46. The number of nitrogens with one attached hydrogen (secondary N) is 2. The summed E-state index contributed by atoms with van der Waals surface area (Å²) in [6.07, 6.45) is 3.44. The molecule has 1 aliphatic carbocycles. The van der Waals surface area contributed by atoms with Crippen molar-refractivity contribution in [1.82, 2.24) is 15.2 Å². The van der Waals surface area contributed by atoms with Crippen LogP contribution in [0.3, 0.4) is 0 Å². The van der Waals surface area contributed by atoms with Crippen molar-refractivity contribution < 1.29 is 4.79 Å². The van der Waals surface area contributed by atoms with E-state index in [2.05, 4.69) is 66.6 Å². The molecule has 1 aromatic heterocycles. The number of nitrogens with zero attached hydrogens (tertiary/aromatic N) is 1. The first-order valence-electron chi connectivity index (χ1n) is 10.1. The molecule has 0 fully saturated rings. The summed E-state index contributed by atoms with van der Waals surface area (Å²) in [5.74, 6) is 0.692. The van der Waals surface area contributed by atoms with Crippen LogP contribution in [0.15, 0.2) is 42.5 Å². The van der Waals surface area contributed by atoms with Crippen molar-refractivity contribution in [2.75, 3.05) is 14.1 Å². The van der Waals surface area contributed by atoms with E-state index in [4.69, 9.17) is 0 Å². The molecule has 0 bridgehead atoms. The number of H-pyrrole nitrogens is 1. The van der Waals surface area contributed by atoms with Gasteiger partial charge < -0.3 is 15.2 Å². The number of benzene rings is 2. The summed E-state index contributed by atoms with van der Waals surface area (Å²) in [6, 6.07) is 14.4. The molecule has 28 heavy (non-hydrogen) atoms. The van der Waals surface area contributed by atoms with Crippen molar-refractivity contribution in [3.63, 3.8) is 0 Å². The van der Waals surface area contributed by atoms with Gasteiger partial charge in [-0.2, -0.15) is 0 Å². The Kier molecular flexibility index (Phi) is 5.23. The number of carbonyl (C=O) groups is 1. The van der Waals surface area contributed by atoms with Crippen LogP contribution in [-0.4, -0.2) is 29.9 Å². The molecule has 2 aromatic carbocycles. The molecule has 0 spiro atoms. The summed E-state index contributed by atoms with van der Waals surface area (Å²) in [6.45, 7) is 3.77. The number of carbonyl (C=O) groups excluding carboxylic acids is 1. The minimum absolute atomic E-state index is 0.0157. The smallest absolute Gasteiger partial charge is 0.251 e. The van der Waals surface area contributed by atoms with Gasteiger partial charge in [-0.3, -0.25) is 4.79 Å². The molecular weight excluding hydrogens is 346 g/mol. The zero-order valence-corrected chi connectivity index (χ0v) is 17.0. The molecular formula is C24H29N3O. The second-order valence-electron chi connectivity index (χ2n) is 8.43. The molecule has 0 unspecified atom stereocenters. The second kappa shape index (κ2) is 7.80. The van der Waals surface area contributed by atoms with Crippen LogP contribution >= 0.6 is 0 Å². The van der Waals surface area contributed by atoms with Crippen molar-refractivity contribution in [2.24, 2.45) is 5.92 Å². The third kappa shape index (κ3) is 3.97. The van der Waals surface area contributed by atoms with Gasteiger partial charge in [-0.1, -0.05) is 31.2 Å². The van der Waals surface area contributed by atoms with Crippen LogP contribution in [0.5, 0.6) is 0 Å². The van der Waals surface area contributed by atoms with Gasteiger partial charge in [0.25, 0.3) is 5.91 Å². The Morgan fingerprint density at radius 3 is 2.64 bits per heavy atom. The van der Waals surface area contributed by atoms with Crippen molar-refractivity contribution in [2.45, 2.75) is 39.3 Å². The predicted octanol–water partition coefficient (Wildman–Crippen LogP) is 4.28. The molecule has 146 valence electrons. The fraction of sp³-hybridized carbons (Fsp3) is 0.375. The van der Waals surface area contributed by atoms with Crippen LogP contribution in [0.25, 0.3) is 10.9 Å². The molecule has 1 amide bonds. The Labute approximate surface area is 166 Å². The first-order chi connectivity index (χ1) is 13.5. The summed E-state index contributed by atoms with van der Waals surface area (Å²) >= 11 is 0. The van der Waals surface area contributed by atoms with E-state index in [1.54, 1.807) is 0 Å². The zero-order chi connectivity index (χ0) is 19.7. The topological polar surface area (TPSA) is 48.1 Å². The molecule has 4 rings (SSSR count). The molecule has 1 heterocycles. The highest BCUT2D eigenvalue weighted by Gasteiger charge is 2.20. The largest absolute Gasteiger partial charge is 0.358 e. The summed E-state index contributed by atoms with van der Waals surface area (Å²) < 4.78 is 0. The lowest BCUT2D eigenvalue weighted by Crippen LogP contribution is -2.22. The monoisotopic (exact) mass is 375 g/mol. The third-order valence-corrected chi connectivity index (χ3v) is 5.67. The first-order valence-corrected chi connectivity index (χ1v) is 10.1. The van der Waals surface area contributed by atoms with E-state index in [0.29, 0.717) is 12.5 Å². The molecule has 0 saturated heterocycles. The number of hydrogen-bond acceptors (Lipinski definition) is 2. The highest BCUT2D eigenvalue weighted by Crippen LogP contribution is 2.32. The Hall–Kier alpha value is -2.59. The van der Waals surface area contributed by atoms with Crippen LogP contribution < -0.4 is 5.32 Å². The predicted molar refractivity (Wildman–Crippen MR) is 114 cm³/mol. The summed E-state index contributed by atoms with van der Waals surface area (Å²) in [4.78, 5) is 18.4. The SMILES string of the molecule is C[C@H]1CCc2[nH]c3ccc(C(=O)NCc4ccc(CN(C)C)cc4)cc3c2C1. The van der Waals surface area contributed by atoms with Crippen LogP contribution in [0.1, 0.15) is 46.1 Å². The summed E-state index contributed by atoms with van der Waals surface area (Å²) in [7, 11) is 4.13. The number of aromatic nitrogens is 1. The number of aryl methyl sites for hydroxylation is 1. The number of hydrogen-bond donors (Lipinski definition) is 2. The van der Waals surface area contributed by atoms with Crippen LogP contribution in [0.2, 0.25) is 0 Å². The highest BCUT2D eigenvalue weighted by molar-refractivity contribution is 5.99. The van der Waals surface area contributed by atoms with E-state index >= 15 is 0 Å². The second-order valence-corrected chi connectivity index (χ2v) is 8.43. The normalized spacial score (nSPS) is 16.4. The standard InChI is InChI=1S/C24H29N3O/c1-16-4-10-22-20(12-16)21-13-19(9-11-23(21)26-22)24(28)25-14-17-5-7-18(8-6-17)15-27(2)3/h5-9,11,13,16,26H,4,10,12,14-15H2,1-3H3,(H,25,28)/t16-/m0/s1. The van der Waals surface area contributed by atoms with Gasteiger partial charge in [0.2, 0.25) is 0 Å². The average Bonchev–Trinajstić information content (AvgIpc) is 3.04. The van der Waals surface area contributed by atoms with Crippen LogP contribution in [0, 0.1) is 5.92 Å². The minimum atomic E-state index is -0.0157. The molecule has 0 saturated carbocycles. The van der Waals surface area contributed by atoms with Gasteiger partial charge in [0.05, 0.1) is 0 Å². The van der Waals surface area contributed by atoms with Gasteiger partial charge in [0.1, 0.15) is 0 Å². The summed E-state index contributed by atoms with van der Waals surface area (Å²) in [5.41, 5.74) is 7.02. The van der Waals surface area contributed by atoms with Gasteiger partial charge in [0.15, 0.2) is 0 Å². The quantitative estimate of drug-likeness (QED) is 0.699. The number of amides is 1. The fourth-order valence-corrected chi connectivity index (χ4v) is 4.14. The van der Waals surface area contributed by atoms with Gasteiger partial charge in [-0.25, -0.2) is 0 Å². The fourth-order valence-electron chi connectivity index (χ4n) is 4.14. The number of fused-ring (bicyclic) bond motifs is 3. The Morgan fingerprint density at radius 2 is 1.89 bits per heavy atom. The van der Waals surface area contributed by atoms with E-state index < -0.39 is 0 Å². The maximum Gasteiger partial charge on any atom is 0.251 e. The molecule has 4 nitrogen and oxygen atoms in total. The molecule has 1 aliphatic rings. The van der Waals surface area contributed by atoms with Gasteiger partial charge >= 0.3 is 0 Å². The summed E-state index contributed by atoms with van der Waals surface area (Å²) in [5, 5.41) is 4.27. The lowest BCUT2D eigenvalue weighted by Gasteiger charge is -2.18. The van der Waals surface area contributed by atoms with E-state index in [1.807, 2.05) is 12.1 Å². The van der Waals surface area contributed by atoms with Crippen molar-refractivity contribution in [3.05, 3.63) is 70.4 Å². The molecule has 0 radical (unpaired) electrons. The average molecular weight is 376 g/mol. The third-order valence-electron chi connectivity index (χ3n) is 5.67. The van der Waals surface area contributed by atoms with E-state index in [0.717, 1.165) is 36.0 Å². The minimum Gasteiger partial charge on any atom is -0.358 e. The maximum atomic E-state index is 12.7. The molecule has 3 aromatic rings. The lowest BCUT2D eigenvalue weighted by molar-refractivity contribution is 0.0951. The maximum absolute atomic E-state index is 12.7. The van der Waals surface area contributed by atoms with Crippen molar-refractivity contribution in [3.8, 4) is 0 Å². The van der Waals surface area contributed by atoms with Crippen LogP contribution in [0.4, 0.5) is 0 Å². The van der Waals surface area contributed by atoms with Crippen LogP contribution in [-0.2, 0) is 25.9 Å². The Bertz CT molecular complexity index is 985. The van der Waals surface area contributed by atoms with Gasteiger partial charge in [-0.05, 0) is 74.2 Å². The first kappa shape index (κ1) is 18.8. The highest BCUT2D eigenvalue weighted by atomic mass is 16.1. The molecule has 4 heteroatoms. The zero-order valence-electron chi connectivity index (χ0n) is 17.0.